The first kappa shape index (κ1) is 15.3. The average Bonchev–Trinajstić information content (AvgIpc) is 2.54. The Morgan fingerprint density at radius 1 is 1.05 bits per heavy atom. The van der Waals surface area contributed by atoms with E-state index in [9.17, 15) is 9.59 Å². The third-order valence-corrected chi connectivity index (χ3v) is 3.11. The molecule has 0 radical (unpaired) electrons. The Kier molecular flexibility index (Phi) is 4.89. The summed E-state index contributed by atoms with van der Waals surface area (Å²) in [5.74, 6) is -0.870. The number of hydrogen-bond donors (Lipinski definition) is 1. The van der Waals surface area contributed by atoms with Gasteiger partial charge in [-0.2, -0.15) is 5.26 Å². The van der Waals surface area contributed by atoms with Crippen LogP contribution in [0, 0.1) is 11.3 Å². The van der Waals surface area contributed by atoms with E-state index in [1.165, 1.54) is 4.90 Å². The topological polar surface area (TPSA) is 87.2 Å². The molecule has 0 aliphatic rings. The van der Waals surface area contributed by atoms with Crippen LogP contribution in [-0.2, 0) is 11.3 Å². The first-order valence-corrected chi connectivity index (χ1v) is 6.72. The molecule has 110 valence electrons. The highest BCUT2D eigenvalue weighted by atomic mass is 16.2. The lowest BCUT2D eigenvalue weighted by Gasteiger charge is -2.21. The summed E-state index contributed by atoms with van der Waals surface area (Å²) in [5.41, 5.74) is 7.03. The fourth-order valence-electron chi connectivity index (χ4n) is 2.06. The van der Waals surface area contributed by atoms with E-state index < -0.39 is 5.91 Å². The molecule has 0 aliphatic carbocycles. The number of amides is 2. The van der Waals surface area contributed by atoms with Crippen molar-refractivity contribution in [1.82, 2.24) is 4.90 Å². The van der Waals surface area contributed by atoms with Gasteiger partial charge in [-0.15, -0.1) is 0 Å². The van der Waals surface area contributed by atoms with Crippen molar-refractivity contribution >= 4 is 11.8 Å². The van der Waals surface area contributed by atoms with Crippen molar-refractivity contribution in [3.63, 3.8) is 0 Å². The predicted molar refractivity (Wildman–Crippen MR) is 81.5 cm³/mol. The summed E-state index contributed by atoms with van der Waals surface area (Å²) in [6.07, 6.45) is 0. The van der Waals surface area contributed by atoms with Crippen LogP contribution in [0.25, 0.3) is 0 Å². The lowest BCUT2D eigenvalue weighted by molar-refractivity contribution is -0.118. The standard InChI is InChI=1S/C17H15N3O2/c18-10-13-6-8-15(9-7-13)17(22)20(12-16(19)21)11-14-4-2-1-3-5-14/h1-9H,11-12H2,(H2,19,21). The van der Waals surface area contributed by atoms with E-state index in [1.54, 1.807) is 24.3 Å². The van der Waals surface area contributed by atoms with Gasteiger partial charge in [0.1, 0.15) is 0 Å². The van der Waals surface area contributed by atoms with Crippen LogP contribution in [0.15, 0.2) is 54.6 Å². The zero-order valence-corrected chi connectivity index (χ0v) is 11.9. The van der Waals surface area contributed by atoms with Gasteiger partial charge in [0, 0.05) is 12.1 Å². The van der Waals surface area contributed by atoms with Gasteiger partial charge in [-0.1, -0.05) is 30.3 Å². The number of carbonyl (C=O) groups excluding carboxylic acids is 2. The second kappa shape index (κ2) is 7.04. The van der Waals surface area contributed by atoms with Gasteiger partial charge in [0.25, 0.3) is 5.91 Å². The van der Waals surface area contributed by atoms with E-state index in [2.05, 4.69) is 0 Å². The Morgan fingerprint density at radius 2 is 1.68 bits per heavy atom. The summed E-state index contributed by atoms with van der Waals surface area (Å²) in [6.45, 7) is 0.135. The molecule has 0 aromatic heterocycles. The van der Waals surface area contributed by atoms with Crippen LogP contribution in [0.5, 0.6) is 0 Å². The third kappa shape index (κ3) is 3.93. The Balaban J connectivity index is 2.22. The van der Waals surface area contributed by atoms with Gasteiger partial charge in [0.2, 0.25) is 5.91 Å². The highest BCUT2D eigenvalue weighted by molar-refractivity contribution is 5.96. The van der Waals surface area contributed by atoms with Crippen molar-refractivity contribution in [3.05, 3.63) is 71.3 Å². The van der Waals surface area contributed by atoms with E-state index in [4.69, 9.17) is 11.0 Å². The molecule has 0 atom stereocenters. The first-order valence-electron chi connectivity index (χ1n) is 6.72. The number of hydrogen-bond acceptors (Lipinski definition) is 3. The molecule has 2 amide bonds. The zero-order valence-electron chi connectivity index (χ0n) is 11.9. The second-order valence-electron chi connectivity index (χ2n) is 4.80. The van der Waals surface area contributed by atoms with E-state index in [0.29, 0.717) is 17.7 Å². The zero-order chi connectivity index (χ0) is 15.9. The van der Waals surface area contributed by atoms with Gasteiger partial charge in [-0.25, -0.2) is 0 Å². The fourth-order valence-corrected chi connectivity index (χ4v) is 2.06. The average molecular weight is 293 g/mol. The van der Waals surface area contributed by atoms with Crippen LogP contribution in [-0.4, -0.2) is 23.3 Å². The van der Waals surface area contributed by atoms with Gasteiger partial charge in [-0.05, 0) is 29.8 Å². The minimum Gasteiger partial charge on any atom is -0.368 e. The highest BCUT2D eigenvalue weighted by Gasteiger charge is 2.18. The summed E-state index contributed by atoms with van der Waals surface area (Å²) in [5, 5.41) is 8.78. The number of nitrogens with zero attached hydrogens (tertiary/aromatic N) is 2. The van der Waals surface area contributed by atoms with Crippen LogP contribution in [0.1, 0.15) is 21.5 Å². The maximum atomic E-state index is 12.5. The summed E-state index contributed by atoms with van der Waals surface area (Å²) < 4.78 is 0. The summed E-state index contributed by atoms with van der Waals surface area (Å²) in [7, 11) is 0. The number of nitriles is 1. The molecule has 2 aromatic carbocycles. The molecule has 5 nitrogen and oxygen atoms in total. The monoisotopic (exact) mass is 293 g/mol. The van der Waals surface area contributed by atoms with Crippen molar-refractivity contribution in [1.29, 1.82) is 5.26 Å². The largest absolute Gasteiger partial charge is 0.368 e. The van der Waals surface area contributed by atoms with Crippen LogP contribution in [0.3, 0.4) is 0 Å². The van der Waals surface area contributed by atoms with Crippen LogP contribution in [0.4, 0.5) is 0 Å². The van der Waals surface area contributed by atoms with Crippen molar-refractivity contribution in [2.24, 2.45) is 5.73 Å². The molecular weight excluding hydrogens is 278 g/mol. The fraction of sp³-hybridized carbons (Fsp3) is 0.118. The van der Waals surface area contributed by atoms with Gasteiger partial charge >= 0.3 is 0 Å². The summed E-state index contributed by atoms with van der Waals surface area (Å²) in [4.78, 5) is 25.1. The molecule has 2 aromatic rings. The first-order chi connectivity index (χ1) is 10.6. The quantitative estimate of drug-likeness (QED) is 0.910. The van der Waals surface area contributed by atoms with Crippen LogP contribution < -0.4 is 5.73 Å². The molecule has 0 bridgehead atoms. The van der Waals surface area contributed by atoms with Crippen LogP contribution >= 0.6 is 0 Å². The molecule has 2 N–H and O–H groups in total. The smallest absolute Gasteiger partial charge is 0.254 e. The van der Waals surface area contributed by atoms with Crippen molar-refractivity contribution in [2.45, 2.75) is 6.54 Å². The molecule has 0 fully saturated rings. The van der Waals surface area contributed by atoms with Crippen molar-refractivity contribution < 1.29 is 9.59 Å². The van der Waals surface area contributed by atoms with Crippen molar-refractivity contribution in [3.8, 4) is 6.07 Å². The number of nitrogens with two attached hydrogens (primary N) is 1. The lowest BCUT2D eigenvalue weighted by atomic mass is 10.1. The van der Waals surface area contributed by atoms with E-state index in [-0.39, 0.29) is 12.5 Å². The number of rotatable bonds is 5. The van der Waals surface area contributed by atoms with Gasteiger partial charge in [0.05, 0.1) is 18.2 Å². The minimum absolute atomic E-state index is 0.159. The van der Waals surface area contributed by atoms with E-state index >= 15 is 0 Å². The highest BCUT2D eigenvalue weighted by Crippen LogP contribution is 2.11. The molecule has 0 heterocycles. The van der Waals surface area contributed by atoms with E-state index in [1.807, 2.05) is 36.4 Å². The molecule has 0 spiro atoms. The van der Waals surface area contributed by atoms with Crippen molar-refractivity contribution in [2.75, 3.05) is 6.54 Å². The Hall–Kier alpha value is -3.13. The number of carbonyl (C=O) groups is 2. The lowest BCUT2D eigenvalue weighted by Crippen LogP contribution is -2.38. The van der Waals surface area contributed by atoms with E-state index in [0.717, 1.165) is 5.56 Å². The molecule has 0 saturated carbocycles. The van der Waals surface area contributed by atoms with Gasteiger partial charge < -0.3 is 10.6 Å². The molecule has 0 unspecified atom stereocenters. The maximum Gasteiger partial charge on any atom is 0.254 e. The molecular formula is C17H15N3O2. The molecule has 22 heavy (non-hydrogen) atoms. The van der Waals surface area contributed by atoms with Gasteiger partial charge in [-0.3, -0.25) is 9.59 Å². The third-order valence-electron chi connectivity index (χ3n) is 3.11. The number of benzene rings is 2. The Labute approximate surface area is 128 Å². The summed E-state index contributed by atoms with van der Waals surface area (Å²) in [6, 6.07) is 17.6. The SMILES string of the molecule is N#Cc1ccc(C(=O)N(CC(N)=O)Cc2ccccc2)cc1. The molecule has 0 saturated heterocycles. The number of primary amides is 1. The Bertz CT molecular complexity index is 703. The summed E-state index contributed by atoms with van der Waals surface area (Å²) >= 11 is 0. The molecule has 5 heteroatoms. The predicted octanol–water partition coefficient (Wildman–Crippen LogP) is 1.69. The maximum absolute atomic E-state index is 12.5. The molecule has 0 aliphatic heterocycles. The van der Waals surface area contributed by atoms with Crippen LogP contribution in [0.2, 0.25) is 0 Å². The van der Waals surface area contributed by atoms with Gasteiger partial charge in [0.15, 0.2) is 0 Å². The normalized spacial score (nSPS) is 9.77. The molecule has 2 rings (SSSR count). The minimum atomic E-state index is -0.571. The Morgan fingerprint density at radius 3 is 2.23 bits per heavy atom. The second-order valence-corrected chi connectivity index (χ2v) is 4.80.